The summed E-state index contributed by atoms with van der Waals surface area (Å²) in [4.78, 5) is 9.62. The van der Waals surface area contributed by atoms with Crippen molar-refractivity contribution in [2.45, 2.75) is 13.5 Å². The second kappa shape index (κ2) is 4.34. The summed E-state index contributed by atoms with van der Waals surface area (Å²) in [7, 11) is 0. The van der Waals surface area contributed by atoms with Crippen LogP contribution in [0.25, 0.3) is 5.65 Å². The first kappa shape index (κ1) is 11.1. The maximum absolute atomic E-state index is 13.0. The number of hydrogen-bond donors (Lipinski definition) is 1. The third-order valence-corrected chi connectivity index (χ3v) is 3.27. The molecule has 0 spiro atoms. The zero-order valence-electron chi connectivity index (χ0n) is 9.59. The quantitative estimate of drug-likeness (QED) is 0.787. The summed E-state index contributed by atoms with van der Waals surface area (Å²) in [5.74, 6) is 0.128. The number of anilines is 1. The summed E-state index contributed by atoms with van der Waals surface area (Å²) >= 11 is 1.62. The van der Waals surface area contributed by atoms with Crippen molar-refractivity contribution in [3.63, 3.8) is 0 Å². The molecule has 0 aliphatic heterocycles. The van der Waals surface area contributed by atoms with Gasteiger partial charge in [-0.15, -0.1) is 16.4 Å². The second-order valence-corrected chi connectivity index (χ2v) is 5.12. The lowest BCUT2D eigenvalue weighted by atomic mass is 10.5. The third-order valence-electron chi connectivity index (χ3n) is 2.36. The van der Waals surface area contributed by atoms with Gasteiger partial charge in [-0.1, -0.05) is 0 Å². The monoisotopic (exact) mass is 263 g/mol. The lowest BCUT2D eigenvalue weighted by Gasteiger charge is -1.96. The SMILES string of the molecule is Cc1cnc(CNc2nc3ccc(F)cn3n2)s1. The first-order valence-corrected chi connectivity index (χ1v) is 6.19. The molecule has 0 bridgehead atoms. The van der Waals surface area contributed by atoms with Crippen LogP contribution in [-0.2, 0) is 6.54 Å². The predicted molar refractivity (Wildman–Crippen MR) is 67.1 cm³/mol. The van der Waals surface area contributed by atoms with Crippen LogP contribution < -0.4 is 5.32 Å². The average Bonchev–Trinajstić information content (AvgIpc) is 2.92. The highest BCUT2D eigenvalue weighted by Crippen LogP contribution is 2.13. The van der Waals surface area contributed by atoms with Crippen LogP contribution in [0.3, 0.4) is 0 Å². The summed E-state index contributed by atoms with van der Waals surface area (Å²) in [5, 5.41) is 8.16. The first-order valence-electron chi connectivity index (χ1n) is 5.38. The number of rotatable bonds is 3. The summed E-state index contributed by atoms with van der Waals surface area (Å²) < 4.78 is 14.4. The number of hydrogen-bond acceptors (Lipinski definition) is 5. The van der Waals surface area contributed by atoms with Crippen molar-refractivity contribution >= 4 is 22.9 Å². The van der Waals surface area contributed by atoms with E-state index in [0.29, 0.717) is 18.1 Å². The molecule has 0 saturated carbocycles. The van der Waals surface area contributed by atoms with E-state index in [-0.39, 0.29) is 5.82 Å². The Morgan fingerprint density at radius 2 is 2.33 bits per heavy atom. The molecule has 1 N–H and O–H groups in total. The van der Waals surface area contributed by atoms with Crippen molar-refractivity contribution in [3.05, 3.63) is 40.2 Å². The zero-order chi connectivity index (χ0) is 12.5. The van der Waals surface area contributed by atoms with Crippen LogP contribution in [0.4, 0.5) is 10.3 Å². The Morgan fingerprint density at radius 3 is 3.11 bits per heavy atom. The van der Waals surface area contributed by atoms with Gasteiger partial charge in [0.05, 0.1) is 12.7 Å². The van der Waals surface area contributed by atoms with Gasteiger partial charge in [0.1, 0.15) is 10.8 Å². The summed E-state index contributed by atoms with van der Waals surface area (Å²) in [6, 6.07) is 2.94. The van der Waals surface area contributed by atoms with Crippen LogP contribution in [0.15, 0.2) is 24.5 Å². The molecule has 3 aromatic heterocycles. The Hall–Kier alpha value is -2.02. The topological polar surface area (TPSA) is 55.1 Å². The Labute approximate surface area is 106 Å². The number of pyridine rings is 1. The molecule has 7 heteroatoms. The highest BCUT2D eigenvalue weighted by Gasteiger charge is 2.05. The number of thiazole rings is 1. The van der Waals surface area contributed by atoms with E-state index in [1.54, 1.807) is 17.4 Å². The molecule has 0 radical (unpaired) electrons. The molecule has 0 atom stereocenters. The highest BCUT2D eigenvalue weighted by molar-refractivity contribution is 7.11. The maximum Gasteiger partial charge on any atom is 0.243 e. The van der Waals surface area contributed by atoms with E-state index in [1.165, 1.54) is 16.8 Å². The number of halogens is 1. The lowest BCUT2D eigenvalue weighted by Crippen LogP contribution is -2.00. The molecule has 18 heavy (non-hydrogen) atoms. The minimum absolute atomic E-state index is 0.338. The van der Waals surface area contributed by atoms with Crippen LogP contribution in [0.5, 0.6) is 0 Å². The largest absolute Gasteiger partial charge is 0.346 e. The van der Waals surface area contributed by atoms with Gasteiger partial charge in [0.15, 0.2) is 5.65 Å². The fraction of sp³-hybridized carbons (Fsp3) is 0.182. The van der Waals surface area contributed by atoms with Gasteiger partial charge in [-0.3, -0.25) is 0 Å². The van der Waals surface area contributed by atoms with Gasteiger partial charge in [-0.25, -0.2) is 13.9 Å². The Kier molecular flexibility index (Phi) is 2.67. The maximum atomic E-state index is 13.0. The van der Waals surface area contributed by atoms with E-state index in [9.17, 15) is 4.39 Å². The molecule has 0 aliphatic carbocycles. The number of nitrogens with zero attached hydrogens (tertiary/aromatic N) is 4. The van der Waals surface area contributed by atoms with E-state index < -0.39 is 0 Å². The van der Waals surface area contributed by atoms with Crippen molar-refractivity contribution in [2.24, 2.45) is 0 Å². The van der Waals surface area contributed by atoms with Gasteiger partial charge in [-0.2, -0.15) is 4.98 Å². The molecule has 0 aliphatic rings. The van der Waals surface area contributed by atoms with Crippen molar-refractivity contribution in [3.8, 4) is 0 Å². The zero-order valence-corrected chi connectivity index (χ0v) is 10.4. The smallest absolute Gasteiger partial charge is 0.243 e. The van der Waals surface area contributed by atoms with Gasteiger partial charge in [0.25, 0.3) is 0 Å². The molecule has 3 heterocycles. The molecule has 0 amide bonds. The molecule has 0 aromatic carbocycles. The van der Waals surface area contributed by atoms with Gasteiger partial charge in [0, 0.05) is 11.1 Å². The van der Waals surface area contributed by atoms with Gasteiger partial charge in [-0.05, 0) is 19.1 Å². The lowest BCUT2D eigenvalue weighted by molar-refractivity contribution is 0.615. The number of aryl methyl sites for hydroxylation is 1. The Morgan fingerprint density at radius 1 is 1.44 bits per heavy atom. The van der Waals surface area contributed by atoms with E-state index in [0.717, 1.165) is 9.88 Å². The van der Waals surface area contributed by atoms with Crippen LogP contribution >= 0.6 is 11.3 Å². The number of fused-ring (bicyclic) bond motifs is 1. The first-order chi connectivity index (χ1) is 8.70. The minimum Gasteiger partial charge on any atom is -0.346 e. The van der Waals surface area contributed by atoms with Crippen molar-refractivity contribution in [1.82, 2.24) is 19.6 Å². The second-order valence-electron chi connectivity index (χ2n) is 3.80. The van der Waals surface area contributed by atoms with Crippen LogP contribution in [0, 0.1) is 12.7 Å². The number of aromatic nitrogens is 4. The van der Waals surface area contributed by atoms with Crippen molar-refractivity contribution in [1.29, 1.82) is 0 Å². The third kappa shape index (κ3) is 2.17. The molecule has 5 nitrogen and oxygen atoms in total. The van der Waals surface area contributed by atoms with E-state index in [2.05, 4.69) is 20.4 Å². The molecular formula is C11H10FN5S. The minimum atomic E-state index is -0.338. The van der Waals surface area contributed by atoms with Crippen molar-refractivity contribution in [2.75, 3.05) is 5.32 Å². The molecule has 0 saturated heterocycles. The molecule has 0 fully saturated rings. The molecule has 3 rings (SSSR count). The Balaban J connectivity index is 1.78. The molecule has 3 aromatic rings. The molecule has 0 unspecified atom stereocenters. The van der Waals surface area contributed by atoms with Gasteiger partial charge >= 0.3 is 0 Å². The van der Waals surface area contributed by atoms with E-state index in [4.69, 9.17) is 0 Å². The van der Waals surface area contributed by atoms with Crippen LogP contribution in [-0.4, -0.2) is 19.6 Å². The summed E-state index contributed by atoms with van der Waals surface area (Å²) in [6.07, 6.45) is 3.12. The van der Waals surface area contributed by atoms with Gasteiger partial charge in [0.2, 0.25) is 5.95 Å². The average molecular weight is 263 g/mol. The van der Waals surface area contributed by atoms with Crippen LogP contribution in [0.2, 0.25) is 0 Å². The van der Waals surface area contributed by atoms with E-state index in [1.807, 2.05) is 13.1 Å². The summed E-state index contributed by atoms with van der Waals surface area (Å²) in [6.45, 7) is 2.57. The highest BCUT2D eigenvalue weighted by atomic mass is 32.1. The standard InChI is InChI=1S/C11H10FN5S/c1-7-4-13-10(18-7)5-14-11-15-9-3-2-8(12)6-17(9)16-11/h2-4,6H,5H2,1H3,(H,14,16). The van der Waals surface area contributed by atoms with E-state index >= 15 is 0 Å². The van der Waals surface area contributed by atoms with Crippen LogP contribution in [0.1, 0.15) is 9.88 Å². The van der Waals surface area contributed by atoms with Gasteiger partial charge < -0.3 is 5.32 Å². The molecular weight excluding hydrogens is 253 g/mol. The molecule has 92 valence electrons. The number of nitrogens with one attached hydrogen (secondary N) is 1. The van der Waals surface area contributed by atoms with Crippen molar-refractivity contribution < 1.29 is 4.39 Å². The predicted octanol–water partition coefficient (Wildman–Crippen LogP) is 2.25. The fourth-order valence-electron chi connectivity index (χ4n) is 1.57. The summed E-state index contributed by atoms with van der Waals surface area (Å²) in [5.41, 5.74) is 0.606. The Bertz CT molecular complexity index is 690. The fourth-order valence-corrected chi connectivity index (χ4v) is 2.30. The normalized spacial score (nSPS) is 11.0.